The molecule has 2 aliphatic heterocycles. The molecule has 0 bridgehead atoms. The number of nitriles is 1. The molecule has 4 rings (SSSR count). The third-order valence-corrected chi connectivity index (χ3v) is 6.43. The van der Waals surface area contributed by atoms with Crippen molar-refractivity contribution >= 4 is 11.6 Å². The summed E-state index contributed by atoms with van der Waals surface area (Å²) in [5.74, 6) is 0.464. The SMILES string of the molecule is COCC12CN(C(=O)c3cc(C)on3)CCC1CN(c1ccc(C#N)c(C(F)(F)F)c1)C2. The Morgan fingerprint density at radius 3 is 2.78 bits per heavy atom. The average molecular weight is 448 g/mol. The van der Waals surface area contributed by atoms with Crippen LogP contribution < -0.4 is 4.90 Å². The van der Waals surface area contributed by atoms with Gasteiger partial charge in [0.15, 0.2) is 5.69 Å². The molecule has 0 spiro atoms. The summed E-state index contributed by atoms with van der Waals surface area (Å²) in [6.45, 7) is 4.02. The lowest BCUT2D eigenvalue weighted by atomic mass is 9.74. The lowest BCUT2D eigenvalue weighted by Crippen LogP contribution is -2.53. The van der Waals surface area contributed by atoms with Crippen LogP contribution in [0.25, 0.3) is 0 Å². The lowest BCUT2D eigenvalue weighted by molar-refractivity contribution is -0.137. The van der Waals surface area contributed by atoms with E-state index in [1.54, 1.807) is 37.1 Å². The number of alkyl halides is 3. The van der Waals surface area contributed by atoms with Crippen molar-refractivity contribution in [1.29, 1.82) is 5.26 Å². The zero-order valence-corrected chi connectivity index (χ0v) is 17.8. The molecule has 32 heavy (non-hydrogen) atoms. The van der Waals surface area contributed by atoms with E-state index in [9.17, 15) is 18.0 Å². The van der Waals surface area contributed by atoms with E-state index in [2.05, 4.69) is 5.16 Å². The highest BCUT2D eigenvalue weighted by atomic mass is 19.4. The Morgan fingerprint density at radius 1 is 1.38 bits per heavy atom. The van der Waals surface area contributed by atoms with Crippen LogP contribution in [0.2, 0.25) is 0 Å². The molecule has 10 heteroatoms. The van der Waals surface area contributed by atoms with Gasteiger partial charge in [0.1, 0.15) is 5.76 Å². The van der Waals surface area contributed by atoms with Crippen LogP contribution in [0.5, 0.6) is 0 Å². The van der Waals surface area contributed by atoms with Gasteiger partial charge in [0.2, 0.25) is 0 Å². The second kappa shape index (κ2) is 8.13. The number of likely N-dealkylation sites (tertiary alicyclic amines) is 1. The van der Waals surface area contributed by atoms with E-state index in [0.717, 1.165) is 6.07 Å². The normalized spacial score (nSPS) is 23.2. The molecule has 0 saturated carbocycles. The Bertz CT molecular complexity index is 1060. The first kappa shape index (κ1) is 22.1. The highest BCUT2D eigenvalue weighted by molar-refractivity contribution is 5.92. The van der Waals surface area contributed by atoms with E-state index in [4.69, 9.17) is 14.5 Å². The number of rotatable bonds is 4. The standard InChI is InChI=1S/C22H23F3N4O3/c1-14-7-19(27-32-14)20(30)28-6-5-16-10-29(12-21(16,11-28)13-31-2)17-4-3-15(9-26)18(8-17)22(23,24)25/h3-4,7-8,16H,5-6,10-13H2,1-2H3. The molecule has 3 heterocycles. The molecule has 1 amide bonds. The van der Waals surface area contributed by atoms with Gasteiger partial charge in [-0.05, 0) is 37.5 Å². The molecule has 0 N–H and O–H groups in total. The number of carbonyl (C=O) groups excluding carboxylic acids is 1. The van der Waals surface area contributed by atoms with E-state index in [1.165, 1.54) is 6.07 Å². The van der Waals surface area contributed by atoms with Crippen molar-refractivity contribution in [2.75, 3.05) is 44.8 Å². The number of aryl methyl sites for hydroxylation is 1. The Labute approximate surface area is 183 Å². The number of piperidine rings is 1. The number of anilines is 1. The molecule has 2 aromatic rings. The van der Waals surface area contributed by atoms with Crippen molar-refractivity contribution in [1.82, 2.24) is 10.1 Å². The summed E-state index contributed by atoms with van der Waals surface area (Å²) in [5, 5.41) is 12.9. The smallest absolute Gasteiger partial charge is 0.384 e. The topological polar surface area (TPSA) is 82.6 Å². The molecule has 170 valence electrons. The minimum atomic E-state index is -4.61. The molecule has 0 radical (unpaired) electrons. The van der Waals surface area contributed by atoms with Crippen molar-refractivity contribution in [2.45, 2.75) is 19.5 Å². The third-order valence-electron chi connectivity index (χ3n) is 6.43. The summed E-state index contributed by atoms with van der Waals surface area (Å²) in [6.07, 6.45) is -3.92. The fourth-order valence-corrected chi connectivity index (χ4v) is 4.94. The van der Waals surface area contributed by atoms with Gasteiger partial charge in [-0.2, -0.15) is 18.4 Å². The van der Waals surface area contributed by atoms with Crippen LogP contribution in [-0.4, -0.2) is 55.9 Å². The number of amides is 1. The molecule has 2 aliphatic rings. The number of methoxy groups -OCH3 is 1. The van der Waals surface area contributed by atoms with Gasteiger partial charge < -0.3 is 19.1 Å². The number of halogens is 3. The van der Waals surface area contributed by atoms with Crippen molar-refractivity contribution in [3.8, 4) is 6.07 Å². The van der Waals surface area contributed by atoms with E-state index >= 15 is 0 Å². The third kappa shape index (κ3) is 3.93. The van der Waals surface area contributed by atoms with Gasteiger partial charge in [-0.15, -0.1) is 0 Å². The van der Waals surface area contributed by atoms with E-state index < -0.39 is 22.7 Å². The van der Waals surface area contributed by atoms with Gasteiger partial charge in [-0.1, -0.05) is 5.16 Å². The van der Waals surface area contributed by atoms with Crippen LogP contribution in [0.15, 0.2) is 28.8 Å². The maximum Gasteiger partial charge on any atom is 0.417 e. The van der Waals surface area contributed by atoms with Crippen LogP contribution in [0, 0.1) is 29.6 Å². The number of hydrogen-bond donors (Lipinski definition) is 0. The Kier molecular flexibility index (Phi) is 5.63. The quantitative estimate of drug-likeness (QED) is 0.712. The zero-order valence-electron chi connectivity index (χ0n) is 17.8. The fraction of sp³-hybridized carbons (Fsp3) is 0.500. The van der Waals surface area contributed by atoms with Gasteiger partial charge in [-0.3, -0.25) is 4.79 Å². The predicted molar refractivity (Wildman–Crippen MR) is 108 cm³/mol. The average Bonchev–Trinajstić information content (AvgIpc) is 3.35. The molecule has 1 aromatic carbocycles. The number of benzene rings is 1. The molecular formula is C22H23F3N4O3. The molecule has 2 unspecified atom stereocenters. The van der Waals surface area contributed by atoms with Gasteiger partial charge in [0.05, 0.1) is 23.8 Å². The van der Waals surface area contributed by atoms with Crippen molar-refractivity contribution in [3.63, 3.8) is 0 Å². The number of carbonyl (C=O) groups is 1. The molecule has 2 fully saturated rings. The summed E-state index contributed by atoms with van der Waals surface area (Å²) in [6, 6.07) is 7.01. The summed E-state index contributed by atoms with van der Waals surface area (Å²) < 4.78 is 50.9. The van der Waals surface area contributed by atoms with E-state index in [0.29, 0.717) is 50.7 Å². The highest BCUT2D eigenvalue weighted by Gasteiger charge is 2.51. The van der Waals surface area contributed by atoms with Crippen LogP contribution in [0.1, 0.15) is 33.8 Å². The van der Waals surface area contributed by atoms with Crippen molar-refractivity contribution < 1.29 is 27.2 Å². The van der Waals surface area contributed by atoms with E-state index in [-0.39, 0.29) is 17.5 Å². The maximum atomic E-state index is 13.4. The van der Waals surface area contributed by atoms with Gasteiger partial charge >= 0.3 is 6.18 Å². The number of nitrogens with zero attached hydrogens (tertiary/aromatic N) is 4. The van der Waals surface area contributed by atoms with Gasteiger partial charge in [0, 0.05) is 50.5 Å². The first-order chi connectivity index (χ1) is 15.2. The maximum absolute atomic E-state index is 13.4. The number of fused-ring (bicyclic) bond motifs is 1. The Balaban J connectivity index is 1.60. The molecule has 2 atom stereocenters. The molecule has 2 saturated heterocycles. The van der Waals surface area contributed by atoms with Crippen LogP contribution in [-0.2, 0) is 10.9 Å². The van der Waals surface area contributed by atoms with Crippen LogP contribution >= 0.6 is 0 Å². The molecular weight excluding hydrogens is 425 g/mol. The fourth-order valence-electron chi connectivity index (χ4n) is 4.94. The Morgan fingerprint density at radius 2 is 2.16 bits per heavy atom. The van der Waals surface area contributed by atoms with Gasteiger partial charge in [0.25, 0.3) is 5.91 Å². The largest absolute Gasteiger partial charge is 0.417 e. The minimum absolute atomic E-state index is 0.149. The number of aromatic nitrogens is 1. The monoisotopic (exact) mass is 448 g/mol. The van der Waals surface area contributed by atoms with E-state index in [1.807, 2.05) is 4.90 Å². The summed E-state index contributed by atoms with van der Waals surface area (Å²) in [7, 11) is 1.58. The second-order valence-electron chi connectivity index (χ2n) is 8.55. The molecule has 1 aromatic heterocycles. The minimum Gasteiger partial charge on any atom is -0.384 e. The molecule has 7 nitrogen and oxygen atoms in total. The second-order valence-corrected chi connectivity index (χ2v) is 8.55. The number of hydrogen-bond acceptors (Lipinski definition) is 6. The van der Waals surface area contributed by atoms with Crippen molar-refractivity contribution in [3.05, 3.63) is 46.8 Å². The van der Waals surface area contributed by atoms with Crippen LogP contribution in [0.3, 0.4) is 0 Å². The first-order valence-corrected chi connectivity index (χ1v) is 10.2. The summed E-state index contributed by atoms with van der Waals surface area (Å²) in [5.41, 5.74) is -1.11. The molecule has 0 aliphatic carbocycles. The first-order valence-electron chi connectivity index (χ1n) is 10.2. The highest BCUT2D eigenvalue weighted by Crippen LogP contribution is 2.45. The van der Waals surface area contributed by atoms with Crippen LogP contribution in [0.4, 0.5) is 18.9 Å². The lowest BCUT2D eigenvalue weighted by Gasteiger charge is -2.43. The Hall–Kier alpha value is -3.06. The zero-order chi connectivity index (χ0) is 23.1. The number of ether oxygens (including phenoxy) is 1. The van der Waals surface area contributed by atoms with Gasteiger partial charge in [-0.25, -0.2) is 0 Å². The summed E-state index contributed by atoms with van der Waals surface area (Å²) in [4.78, 5) is 16.5. The summed E-state index contributed by atoms with van der Waals surface area (Å²) >= 11 is 0. The predicted octanol–water partition coefficient (Wildman–Crippen LogP) is 3.49. The van der Waals surface area contributed by atoms with Crippen molar-refractivity contribution in [2.24, 2.45) is 11.3 Å².